The zero-order valence-electron chi connectivity index (χ0n) is 22.7. The molecule has 0 amide bonds. The molecule has 0 unspecified atom stereocenters. The summed E-state index contributed by atoms with van der Waals surface area (Å²) >= 11 is 0. The topological polar surface area (TPSA) is 74.6 Å². The summed E-state index contributed by atoms with van der Waals surface area (Å²) in [5.41, 5.74) is 2.13. The van der Waals surface area contributed by atoms with Crippen molar-refractivity contribution in [1.82, 2.24) is 0 Å². The molecule has 0 heterocycles. The lowest BCUT2D eigenvalue weighted by Crippen LogP contribution is -2.59. The number of hydrogen-bond acceptors (Lipinski definition) is 3. The normalized spacial score (nSPS) is 32.5. The van der Waals surface area contributed by atoms with Crippen LogP contribution in [0, 0.1) is 22.7 Å². The van der Waals surface area contributed by atoms with Gasteiger partial charge in [-0.2, -0.15) is 0 Å². The highest BCUT2D eigenvalue weighted by atomic mass is 16.4. The van der Waals surface area contributed by atoms with Crippen molar-refractivity contribution in [3.63, 3.8) is 0 Å². The van der Waals surface area contributed by atoms with Crippen molar-refractivity contribution in [1.29, 1.82) is 0 Å². The Balaban J connectivity index is 1.92. The van der Waals surface area contributed by atoms with Gasteiger partial charge in [0.05, 0.1) is 5.60 Å². The third-order valence-corrected chi connectivity index (χ3v) is 9.07. The molecule has 2 fully saturated rings. The van der Waals surface area contributed by atoms with E-state index in [1.165, 1.54) is 11.1 Å². The van der Waals surface area contributed by atoms with Gasteiger partial charge in [0.15, 0.2) is 0 Å². The molecule has 4 nitrogen and oxygen atoms in total. The molecule has 2 saturated carbocycles. The van der Waals surface area contributed by atoms with Crippen LogP contribution in [0.25, 0.3) is 0 Å². The van der Waals surface area contributed by atoms with Gasteiger partial charge in [-0.05, 0) is 103 Å². The maximum atomic E-state index is 12.6. The molecular weight excluding hydrogens is 424 g/mol. The minimum Gasteiger partial charge on any atom is -0.478 e. The Labute approximate surface area is 207 Å². The van der Waals surface area contributed by atoms with Crippen LogP contribution >= 0.6 is 0 Å². The van der Waals surface area contributed by atoms with Gasteiger partial charge in [-0.25, -0.2) is 4.79 Å². The van der Waals surface area contributed by atoms with Crippen LogP contribution in [0.1, 0.15) is 113 Å². The van der Waals surface area contributed by atoms with Crippen molar-refractivity contribution in [2.45, 2.75) is 118 Å². The molecule has 0 aromatic heterocycles. The van der Waals surface area contributed by atoms with E-state index in [1.807, 2.05) is 6.92 Å². The number of carbonyl (C=O) groups excluding carboxylic acids is 1. The van der Waals surface area contributed by atoms with Crippen molar-refractivity contribution >= 4 is 11.8 Å². The predicted molar refractivity (Wildman–Crippen MR) is 140 cm³/mol. The molecule has 2 aliphatic rings. The molecule has 4 atom stereocenters. The molecule has 2 N–H and O–H groups in total. The molecule has 2 aliphatic carbocycles. The fraction of sp³-hybridized carbons (Fsp3) is 0.733. The first-order chi connectivity index (χ1) is 15.7. The zero-order chi connectivity index (χ0) is 25.7. The number of Topliss-reactive ketones (excluding diaryl/α,β-unsaturated/α-hetero) is 1. The lowest BCUT2D eigenvalue weighted by atomic mass is 9.45. The molecular formula is C30H48O4. The second kappa shape index (κ2) is 11.4. The van der Waals surface area contributed by atoms with E-state index in [0.717, 1.165) is 57.8 Å². The first-order valence-corrected chi connectivity index (χ1v) is 13.2. The Hall–Kier alpha value is -1.68. The molecule has 0 spiro atoms. The van der Waals surface area contributed by atoms with Gasteiger partial charge in [-0.3, -0.25) is 4.79 Å². The number of carbonyl (C=O) groups is 2. The zero-order valence-corrected chi connectivity index (χ0v) is 22.7. The molecule has 0 aromatic rings. The van der Waals surface area contributed by atoms with Crippen molar-refractivity contribution in [3.05, 3.63) is 34.9 Å². The number of aliphatic hydroxyl groups is 1. The monoisotopic (exact) mass is 472 g/mol. The SMILES string of the molecule is C/C(=C\CC/C(C)=C/CC[C@@H]1[C@@]2(C)CCC(=O)C(C)(C)[C@H]2CC[C@@]1(C)O)CC/C=C(\C)C(=O)O. The number of fused-ring (bicyclic) bond motifs is 1. The summed E-state index contributed by atoms with van der Waals surface area (Å²) in [7, 11) is 0. The lowest BCUT2D eigenvalue weighted by Gasteiger charge is -2.60. The van der Waals surface area contributed by atoms with Gasteiger partial charge >= 0.3 is 5.97 Å². The van der Waals surface area contributed by atoms with E-state index < -0.39 is 11.6 Å². The average Bonchev–Trinajstić information content (AvgIpc) is 2.72. The number of carboxylic acid groups (broad SMARTS) is 1. The highest BCUT2D eigenvalue weighted by Crippen LogP contribution is 2.62. The van der Waals surface area contributed by atoms with Crippen LogP contribution in [-0.2, 0) is 9.59 Å². The quantitative estimate of drug-likeness (QED) is 0.256. The van der Waals surface area contributed by atoms with Crippen molar-refractivity contribution < 1.29 is 19.8 Å². The molecule has 0 aromatic carbocycles. The minimum absolute atomic E-state index is 0.00813. The van der Waals surface area contributed by atoms with Crippen LogP contribution in [0.4, 0.5) is 0 Å². The number of ketones is 1. The van der Waals surface area contributed by atoms with Gasteiger partial charge in [0.1, 0.15) is 5.78 Å². The van der Waals surface area contributed by atoms with Gasteiger partial charge in [0, 0.05) is 17.4 Å². The summed E-state index contributed by atoms with van der Waals surface area (Å²) in [4.78, 5) is 23.5. The Kier molecular flexibility index (Phi) is 9.55. The third-order valence-electron chi connectivity index (χ3n) is 9.07. The van der Waals surface area contributed by atoms with Crippen molar-refractivity contribution in [3.8, 4) is 0 Å². The van der Waals surface area contributed by atoms with Crippen LogP contribution in [-0.4, -0.2) is 27.6 Å². The minimum atomic E-state index is -0.845. The second-order valence-electron chi connectivity index (χ2n) is 12.1. The highest BCUT2D eigenvalue weighted by Gasteiger charge is 2.59. The molecule has 2 rings (SSSR count). The number of allylic oxidation sites excluding steroid dienone is 5. The summed E-state index contributed by atoms with van der Waals surface area (Å²) in [5.74, 6) is 0.100. The van der Waals surface area contributed by atoms with E-state index in [-0.39, 0.29) is 16.7 Å². The van der Waals surface area contributed by atoms with Crippen LogP contribution in [0.15, 0.2) is 34.9 Å². The Morgan fingerprint density at radius 3 is 2.09 bits per heavy atom. The maximum absolute atomic E-state index is 12.6. The van der Waals surface area contributed by atoms with E-state index in [1.54, 1.807) is 13.0 Å². The standard InChI is InChI=1S/C30H48O4/c1-21(13-9-15-23(3)27(32)33)11-8-12-22(2)14-10-16-25-29(6)19-18-26(31)28(4,5)24(29)17-20-30(25,7)34/h11,14-15,24-25,34H,8-10,12-13,16-20H2,1-7H3,(H,32,33)/b21-11+,22-14+,23-15+/t24-,25-,29+,30-/m1/s1. The van der Waals surface area contributed by atoms with Crippen molar-refractivity contribution in [2.24, 2.45) is 22.7 Å². The number of hydrogen-bond donors (Lipinski definition) is 2. The summed E-state index contributed by atoms with van der Waals surface area (Å²) < 4.78 is 0. The lowest BCUT2D eigenvalue weighted by molar-refractivity contribution is -0.177. The fourth-order valence-electron chi connectivity index (χ4n) is 6.82. The van der Waals surface area contributed by atoms with E-state index in [2.05, 4.69) is 46.8 Å². The first-order valence-electron chi connectivity index (χ1n) is 13.2. The van der Waals surface area contributed by atoms with Crippen LogP contribution in [0.2, 0.25) is 0 Å². The van der Waals surface area contributed by atoms with E-state index in [4.69, 9.17) is 5.11 Å². The Bertz CT molecular complexity index is 842. The molecule has 0 bridgehead atoms. The first kappa shape index (κ1) is 28.6. The van der Waals surface area contributed by atoms with E-state index in [0.29, 0.717) is 23.7 Å². The predicted octanol–water partition coefficient (Wildman–Crippen LogP) is 7.42. The average molecular weight is 473 g/mol. The van der Waals surface area contributed by atoms with Crippen LogP contribution in [0.5, 0.6) is 0 Å². The van der Waals surface area contributed by atoms with Gasteiger partial charge in [-0.1, -0.05) is 50.1 Å². The fourth-order valence-corrected chi connectivity index (χ4v) is 6.82. The molecule has 4 heteroatoms. The largest absolute Gasteiger partial charge is 0.478 e. The summed E-state index contributed by atoms with van der Waals surface area (Å²) in [6.07, 6.45) is 15.2. The Morgan fingerprint density at radius 1 is 0.941 bits per heavy atom. The number of carboxylic acids is 1. The van der Waals surface area contributed by atoms with Gasteiger partial charge in [0.2, 0.25) is 0 Å². The smallest absolute Gasteiger partial charge is 0.330 e. The molecule has 0 radical (unpaired) electrons. The maximum Gasteiger partial charge on any atom is 0.330 e. The third kappa shape index (κ3) is 6.71. The Morgan fingerprint density at radius 2 is 1.50 bits per heavy atom. The summed E-state index contributed by atoms with van der Waals surface area (Å²) in [6.45, 7) is 14.5. The van der Waals surface area contributed by atoms with Gasteiger partial charge < -0.3 is 10.2 Å². The second-order valence-corrected chi connectivity index (χ2v) is 12.1. The van der Waals surface area contributed by atoms with Crippen molar-refractivity contribution in [2.75, 3.05) is 0 Å². The molecule has 0 saturated heterocycles. The van der Waals surface area contributed by atoms with Crippen LogP contribution < -0.4 is 0 Å². The van der Waals surface area contributed by atoms with Gasteiger partial charge in [-0.15, -0.1) is 0 Å². The highest BCUT2D eigenvalue weighted by molar-refractivity contribution is 5.86. The molecule has 0 aliphatic heterocycles. The molecule has 34 heavy (non-hydrogen) atoms. The number of rotatable bonds is 10. The number of aliphatic carboxylic acids is 1. The van der Waals surface area contributed by atoms with E-state index >= 15 is 0 Å². The van der Waals surface area contributed by atoms with E-state index in [9.17, 15) is 14.7 Å². The van der Waals surface area contributed by atoms with Gasteiger partial charge in [0.25, 0.3) is 0 Å². The summed E-state index contributed by atoms with van der Waals surface area (Å²) in [6, 6.07) is 0. The van der Waals surface area contributed by atoms with Crippen LogP contribution in [0.3, 0.4) is 0 Å². The summed E-state index contributed by atoms with van der Waals surface area (Å²) in [5, 5.41) is 20.2. The molecule has 192 valence electrons.